The highest BCUT2D eigenvalue weighted by Crippen LogP contribution is 2.46. The Kier molecular flexibility index (Phi) is 6.16. The van der Waals surface area contributed by atoms with Gasteiger partial charge in [-0.05, 0) is 18.4 Å². The average Bonchev–Trinajstić information content (AvgIpc) is 3.07. The van der Waals surface area contributed by atoms with Gasteiger partial charge in [0, 0.05) is 12.8 Å². The van der Waals surface area contributed by atoms with Gasteiger partial charge in [-0.25, -0.2) is 0 Å². The van der Waals surface area contributed by atoms with E-state index in [0.717, 1.165) is 31.2 Å². The molecule has 0 aromatic heterocycles. The number of hydrogen-bond donors (Lipinski definition) is 2. The first-order valence-corrected chi connectivity index (χ1v) is 10.2. The Morgan fingerprint density at radius 3 is 2.18 bits per heavy atom. The van der Waals surface area contributed by atoms with E-state index < -0.39 is 42.4 Å². The summed E-state index contributed by atoms with van der Waals surface area (Å²) in [5.41, 5.74) is 0.997. The quantitative estimate of drug-likeness (QED) is 0.726. The third-order valence-corrected chi connectivity index (χ3v) is 6.00. The van der Waals surface area contributed by atoms with Crippen molar-refractivity contribution in [2.45, 2.75) is 81.1 Å². The third kappa shape index (κ3) is 3.90. The molecule has 0 unspecified atom stereocenters. The Morgan fingerprint density at radius 1 is 0.964 bits per heavy atom. The van der Waals surface area contributed by atoms with Gasteiger partial charge in [-0.1, -0.05) is 42.8 Å². The first-order valence-electron chi connectivity index (χ1n) is 10.2. The zero-order valence-corrected chi connectivity index (χ0v) is 16.1. The van der Waals surface area contributed by atoms with Crippen molar-refractivity contribution in [2.24, 2.45) is 0 Å². The zero-order chi connectivity index (χ0) is 19.6. The molecule has 6 atom stereocenters. The predicted octanol–water partition coefficient (Wildman–Crippen LogP) is 2.32. The smallest absolute Gasteiger partial charge is 0.169 e. The largest absolute Gasteiger partial charge is 0.387 e. The summed E-state index contributed by atoms with van der Waals surface area (Å²) in [5.74, 6) is -0.665. The van der Waals surface area contributed by atoms with Gasteiger partial charge in [0.05, 0.1) is 13.2 Å². The highest BCUT2D eigenvalue weighted by molar-refractivity contribution is 5.14. The molecule has 0 amide bonds. The molecule has 28 heavy (non-hydrogen) atoms. The highest BCUT2D eigenvalue weighted by Gasteiger charge is 2.61. The van der Waals surface area contributed by atoms with Gasteiger partial charge in [0.1, 0.15) is 36.6 Å². The van der Waals surface area contributed by atoms with Crippen LogP contribution in [0.1, 0.15) is 37.7 Å². The SMILES string of the molecule is C=CCO[C@H]1[C@H](O)[C@H](O)[C@H](OCc2ccccc2)[C@H]2OC3(CCCCC3)O[C@@H]21. The van der Waals surface area contributed by atoms with Crippen molar-refractivity contribution in [3.8, 4) is 0 Å². The molecule has 3 aliphatic rings. The zero-order valence-electron chi connectivity index (χ0n) is 16.1. The number of aliphatic hydroxyl groups excluding tert-OH is 2. The second kappa shape index (κ2) is 8.61. The van der Waals surface area contributed by atoms with Crippen molar-refractivity contribution >= 4 is 0 Å². The molecule has 1 spiro atoms. The van der Waals surface area contributed by atoms with E-state index in [1.54, 1.807) is 6.08 Å². The molecule has 3 fully saturated rings. The van der Waals surface area contributed by atoms with Gasteiger partial charge in [0.15, 0.2) is 5.79 Å². The summed E-state index contributed by atoms with van der Waals surface area (Å²) >= 11 is 0. The normalized spacial score (nSPS) is 36.9. The molecule has 6 nitrogen and oxygen atoms in total. The number of fused-ring (bicyclic) bond motifs is 1. The van der Waals surface area contributed by atoms with Gasteiger partial charge in [-0.3, -0.25) is 0 Å². The maximum Gasteiger partial charge on any atom is 0.169 e. The van der Waals surface area contributed by atoms with E-state index in [0.29, 0.717) is 6.61 Å². The molecule has 6 heteroatoms. The van der Waals surface area contributed by atoms with E-state index >= 15 is 0 Å². The van der Waals surface area contributed by atoms with Crippen molar-refractivity contribution in [3.63, 3.8) is 0 Å². The van der Waals surface area contributed by atoms with Crippen molar-refractivity contribution < 1.29 is 29.2 Å². The Balaban J connectivity index is 1.55. The molecule has 0 bridgehead atoms. The molecule has 1 heterocycles. The van der Waals surface area contributed by atoms with Crippen LogP contribution in [0.15, 0.2) is 43.0 Å². The topological polar surface area (TPSA) is 77.4 Å². The van der Waals surface area contributed by atoms with Gasteiger partial charge in [-0.2, -0.15) is 0 Å². The van der Waals surface area contributed by atoms with Crippen LogP contribution in [0.3, 0.4) is 0 Å². The van der Waals surface area contributed by atoms with Crippen LogP contribution in [0, 0.1) is 0 Å². The summed E-state index contributed by atoms with van der Waals surface area (Å²) in [6.07, 6.45) is 1.89. The van der Waals surface area contributed by atoms with E-state index in [1.807, 2.05) is 30.3 Å². The average molecular weight is 390 g/mol. The minimum absolute atomic E-state index is 0.267. The second-order valence-electron chi connectivity index (χ2n) is 7.97. The summed E-state index contributed by atoms with van der Waals surface area (Å²) in [5, 5.41) is 21.5. The van der Waals surface area contributed by atoms with Crippen LogP contribution in [0.2, 0.25) is 0 Å². The summed E-state index contributed by atoms with van der Waals surface area (Å²) in [6.45, 7) is 4.26. The molecule has 2 aliphatic carbocycles. The molecular formula is C22H30O6. The van der Waals surface area contributed by atoms with E-state index in [4.69, 9.17) is 18.9 Å². The number of hydrogen-bond acceptors (Lipinski definition) is 6. The minimum Gasteiger partial charge on any atom is -0.387 e. The lowest BCUT2D eigenvalue weighted by atomic mass is 9.84. The lowest BCUT2D eigenvalue weighted by Crippen LogP contribution is -2.64. The van der Waals surface area contributed by atoms with E-state index in [2.05, 4.69) is 6.58 Å². The standard InChI is InChI=1S/C22H30O6/c1-2-13-25-18-16(23)17(24)19(26-14-15-9-5-3-6-10-15)21-20(18)27-22(28-21)11-7-4-8-12-22/h2-3,5-6,9-10,16-21,23-24H,1,4,7-8,11-14H2/t16-,17+,18+,19+,20-,21-/m1/s1. The van der Waals surface area contributed by atoms with Gasteiger partial charge < -0.3 is 29.2 Å². The van der Waals surface area contributed by atoms with Crippen molar-refractivity contribution in [2.75, 3.05) is 6.61 Å². The first kappa shape index (κ1) is 20.0. The molecule has 1 aromatic carbocycles. The van der Waals surface area contributed by atoms with Gasteiger partial charge >= 0.3 is 0 Å². The number of rotatable bonds is 6. The van der Waals surface area contributed by atoms with E-state index in [9.17, 15) is 10.2 Å². The number of aliphatic hydroxyl groups is 2. The molecule has 154 valence electrons. The van der Waals surface area contributed by atoms with Crippen LogP contribution < -0.4 is 0 Å². The fourth-order valence-corrected chi connectivity index (χ4v) is 4.60. The van der Waals surface area contributed by atoms with Gasteiger partial charge in [0.25, 0.3) is 0 Å². The Labute approximate surface area is 166 Å². The molecular weight excluding hydrogens is 360 g/mol. The maximum absolute atomic E-state index is 10.8. The number of benzene rings is 1. The molecule has 4 rings (SSSR count). The molecule has 1 aromatic rings. The lowest BCUT2D eigenvalue weighted by Gasteiger charge is -2.42. The first-order chi connectivity index (χ1) is 13.6. The summed E-state index contributed by atoms with van der Waals surface area (Å²) in [4.78, 5) is 0. The van der Waals surface area contributed by atoms with Crippen LogP contribution in [-0.2, 0) is 25.6 Å². The van der Waals surface area contributed by atoms with Crippen LogP contribution >= 0.6 is 0 Å². The predicted molar refractivity (Wildman–Crippen MR) is 103 cm³/mol. The van der Waals surface area contributed by atoms with Crippen molar-refractivity contribution in [3.05, 3.63) is 48.6 Å². The molecule has 2 N–H and O–H groups in total. The Bertz CT molecular complexity index is 644. The molecule has 2 saturated carbocycles. The van der Waals surface area contributed by atoms with Crippen molar-refractivity contribution in [1.82, 2.24) is 0 Å². The summed E-state index contributed by atoms with van der Waals surface area (Å²) in [7, 11) is 0. The summed E-state index contributed by atoms with van der Waals surface area (Å²) in [6, 6.07) is 9.76. The van der Waals surface area contributed by atoms with Gasteiger partial charge in [0.2, 0.25) is 0 Å². The third-order valence-electron chi connectivity index (χ3n) is 6.00. The van der Waals surface area contributed by atoms with Crippen LogP contribution in [0.5, 0.6) is 0 Å². The molecule has 1 saturated heterocycles. The second-order valence-corrected chi connectivity index (χ2v) is 7.97. The van der Waals surface area contributed by atoms with E-state index in [-0.39, 0.29) is 6.61 Å². The van der Waals surface area contributed by atoms with E-state index in [1.165, 1.54) is 6.42 Å². The fraction of sp³-hybridized carbons (Fsp3) is 0.636. The summed E-state index contributed by atoms with van der Waals surface area (Å²) < 4.78 is 24.6. The van der Waals surface area contributed by atoms with Crippen LogP contribution in [0.25, 0.3) is 0 Å². The molecule has 1 aliphatic heterocycles. The number of ether oxygens (including phenoxy) is 4. The van der Waals surface area contributed by atoms with Gasteiger partial charge in [-0.15, -0.1) is 6.58 Å². The minimum atomic E-state index is -1.12. The maximum atomic E-state index is 10.8. The fourth-order valence-electron chi connectivity index (χ4n) is 4.60. The monoisotopic (exact) mass is 390 g/mol. The lowest BCUT2D eigenvalue weighted by molar-refractivity contribution is -0.219. The molecule has 0 radical (unpaired) electrons. The van der Waals surface area contributed by atoms with Crippen LogP contribution in [-0.4, -0.2) is 59.2 Å². The highest BCUT2D eigenvalue weighted by atomic mass is 16.8. The van der Waals surface area contributed by atoms with Crippen LogP contribution in [0.4, 0.5) is 0 Å². The Hall–Kier alpha value is -1.28. The Morgan fingerprint density at radius 2 is 1.57 bits per heavy atom. The van der Waals surface area contributed by atoms with Crippen molar-refractivity contribution in [1.29, 1.82) is 0 Å².